The normalized spacial score (nSPS) is 12.5. The molecule has 0 saturated heterocycles. The first kappa shape index (κ1) is 28.9. The highest BCUT2D eigenvalue weighted by Crippen LogP contribution is 2.29. The molecule has 0 bridgehead atoms. The van der Waals surface area contributed by atoms with Crippen LogP contribution in [-0.2, 0) is 26.2 Å². The highest BCUT2D eigenvalue weighted by molar-refractivity contribution is 7.92. The number of amides is 2. The number of hydrogen-bond acceptors (Lipinski definition) is 4. The molecule has 35 heavy (non-hydrogen) atoms. The minimum atomic E-state index is -3.81. The Balaban J connectivity index is 2.48. The van der Waals surface area contributed by atoms with Gasteiger partial charge in [-0.2, -0.15) is 0 Å². The average molecular weight is 543 g/mol. The lowest BCUT2D eigenvalue weighted by molar-refractivity contribution is -0.139. The van der Waals surface area contributed by atoms with E-state index in [1.807, 2.05) is 39.8 Å². The third-order valence-corrected chi connectivity index (χ3v) is 7.31. The van der Waals surface area contributed by atoms with Crippen LogP contribution in [0.15, 0.2) is 42.5 Å². The summed E-state index contributed by atoms with van der Waals surface area (Å²) in [5.41, 5.74) is 1.89. The molecule has 0 heterocycles. The maximum atomic E-state index is 13.6. The fourth-order valence-corrected chi connectivity index (χ4v) is 4.81. The van der Waals surface area contributed by atoms with E-state index in [-0.39, 0.29) is 24.4 Å². The summed E-state index contributed by atoms with van der Waals surface area (Å²) < 4.78 is 26.7. The molecule has 0 spiro atoms. The Morgan fingerprint density at radius 1 is 0.971 bits per heavy atom. The number of nitrogens with one attached hydrogen (secondary N) is 1. The Morgan fingerprint density at radius 3 is 2.14 bits per heavy atom. The quantitative estimate of drug-likeness (QED) is 0.466. The van der Waals surface area contributed by atoms with E-state index < -0.39 is 28.5 Å². The topological polar surface area (TPSA) is 86.8 Å². The average Bonchev–Trinajstić information content (AvgIpc) is 2.76. The monoisotopic (exact) mass is 541 g/mol. The van der Waals surface area contributed by atoms with Crippen molar-refractivity contribution in [3.63, 3.8) is 0 Å². The van der Waals surface area contributed by atoms with Gasteiger partial charge in [0.05, 0.1) is 22.0 Å². The van der Waals surface area contributed by atoms with Gasteiger partial charge in [0.1, 0.15) is 12.6 Å². The number of hydrogen-bond donors (Lipinski definition) is 1. The van der Waals surface area contributed by atoms with Crippen LogP contribution in [-0.4, -0.2) is 50.0 Å². The molecule has 0 aliphatic carbocycles. The molecule has 0 saturated carbocycles. The van der Waals surface area contributed by atoms with Crippen LogP contribution in [0.3, 0.4) is 0 Å². The lowest BCUT2D eigenvalue weighted by Gasteiger charge is -2.32. The second-order valence-electron chi connectivity index (χ2n) is 9.09. The highest BCUT2D eigenvalue weighted by Gasteiger charge is 2.31. The van der Waals surface area contributed by atoms with Crippen LogP contribution in [0.1, 0.15) is 51.7 Å². The lowest BCUT2D eigenvalue weighted by atomic mass is 10.0. The molecule has 0 aliphatic heterocycles. The zero-order chi connectivity index (χ0) is 26.5. The molecule has 2 aromatic carbocycles. The van der Waals surface area contributed by atoms with Gasteiger partial charge in [-0.3, -0.25) is 13.9 Å². The Kier molecular flexibility index (Phi) is 10.0. The number of rotatable bonds is 10. The summed E-state index contributed by atoms with van der Waals surface area (Å²) >= 11 is 12.2. The zero-order valence-corrected chi connectivity index (χ0v) is 23.2. The largest absolute Gasteiger partial charge is 0.352 e. The van der Waals surface area contributed by atoms with Gasteiger partial charge in [-0.15, -0.1) is 0 Å². The Morgan fingerprint density at radius 2 is 1.60 bits per heavy atom. The van der Waals surface area contributed by atoms with Crippen molar-refractivity contribution < 1.29 is 18.0 Å². The summed E-state index contributed by atoms with van der Waals surface area (Å²) in [4.78, 5) is 27.8. The lowest BCUT2D eigenvalue weighted by Crippen LogP contribution is -2.52. The van der Waals surface area contributed by atoms with Crippen molar-refractivity contribution in [2.24, 2.45) is 0 Å². The molecule has 192 valence electrons. The molecule has 0 fully saturated rings. The summed E-state index contributed by atoms with van der Waals surface area (Å²) in [7, 11) is -3.81. The molecule has 0 aliphatic rings. The van der Waals surface area contributed by atoms with Crippen LogP contribution in [0.25, 0.3) is 0 Å². The van der Waals surface area contributed by atoms with E-state index >= 15 is 0 Å². The SMILES string of the molecule is CC(C)NC(=O)C(C)N(Cc1ccc(Cl)c(Cl)c1)C(=O)CN(c1ccccc1C(C)C)S(C)(=O)=O. The molecular formula is C25H33Cl2N3O4S. The number of anilines is 1. The van der Waals surface area contributed by atoms with Gasteiger partial charge in [-0.05, 0) is 56.0 Å². The Hall–Kier alpha value is -2.29. The molecule has 1 unspecified atom stereocenters. The van der Waals surface area contributed by atoms with E-state index in [1.165, 1.54) is 4.90 Å². The van der Waals surface area contributed by atoms with E-state index in [1.54, 1.807) is 37.3 Å². The van der Waals surface area contributed by atoms with E-state index in [2.05, 4.69) is 5.32 Å². The van der Waals surface area contributed by atoms with Gasteiger partial charge < -0.3 is 10.2 Å². The fraction of sp³-hybridized carbons (Fsp3) is 0.440. The second kappa shape index (κ2) is 12.1. The van der Waals surface area contributed by atoms with Crippen molar-refractivity contribution in [1.82, 2.24) is 10.2 Å². The maximum Gasteiger partial charge on any atom is 0.244 e. The number of carbonyl (C=O) groups is 2. The van der Waals surface area contributed by atoms with Crippen LogP contribution in [0.5, 0.6) is 0 Å². The summed E-state index contributed by atoms with van der Waals surface area (Å²) in [6, 6.07) is 11.0. The van der Waals surface area contributed by atoms with Crippen molar-refractivity contribution in [3.05, 3.63) is 63.6 Å². The third-order valence-electron chi connectivity index (χ3n) is 5.44. The molecule has 7 nitrogen and oxygen atoms in total. The third kappa shape index (κ3) is 7.85. The maximum absolute atomic E-state index is 13.6. The van der Waals surface area contributed by atoms with Crippen molar-refractivity contribution in [1.29, 1.82) is 0 Å². The van der Waals surface area contributed by atoms with E-state index in [4.69, 9.17) is 23.2 Å². The van der Waals surface area contributed by atoms with E-state index in [0.29, 0.717) is 21.3 Å². The van der Waals surface area contributed by atoms with Gasteiger partial charge >= 0.3 is 0 Å². The van der Waals surface area contributed by atoms with E-state index in [9.17, 15) is 18.0 Å². The highest BCUT2D eigenvalue weighted by atomic mass is 35.5. The molecule has 1 atom stereocenters. The number of halogens is 2. The number of carbonyl (C=O) groups excluding carboxylic acids is 2. The Bertz CT molecular complexity index is 1170. The summed E-state index contributed by atoms with van der Waals surface area (Å²) in [5, 5.41) is 3.50. The summed E-state index contributed by atoms with van der Waals surface area (Å²) in [6.07, 6.45) is 1.07. The van der Waals surface area contributed by atoms with E-state index in [0.717, 1.165) is 16.1 Å². The standard InChI is InChI=1S/C25H33Cl2N3O4S/c1-16(2)20-9-7-8-10-23(20)30(35(6,33)34)15-24(31)29(18(5)25(32)28-17(3)4)14-19-11-12-21(26)22(27)13-19/h7-13,16-18H,14-15H2,1-6H3,(H,28,32). The molecule has 10 heteroatoms. The van der Waals surface area contributed by atoms with Crippen LogP contribution < -0.4 is 9.62 Å². The predicted octanol–water partition coefficient (Wildman–Crippen LogP) is 4.82. The van der Waals surface area contributed by atoms with Gasteiger partial charge in [0.25, 0.3) is 0 Å². The number of para-hydroxylation sites is 1. The van der Waals surface area contributed by atoms with Gasteiger partial charge in [0.2, 0.25) is 21.8 Å². The van der Waals surface area contributed by atoms with Crippen molar-refractivity contribution in [2.75, 3.05) is 17.1 Å². The van der Waals surface area contributed by atoms with Crippen molar-refractivity contribution in [3.8, 4) is 0 Å². The second-order valence-corrected chi connectivity index (χ2v) is 11.8. The van der Waals surface area contributed by atoms with Crippen LogP contribution >= 0.6 is 23.2 Å². The first-order valence-corrected chi connectivity index (χ1v) is 13.9. The van der Waals surface area contributed by atoms with Crippen molar-refractivity contribution in [2.45, 2.75) is 59.2 Å². The van der Waals surface area contributed by atoms with Crippen molar-refractivity contribution >= 4 is 50.7 Å². The molecular weight excluding hydrogens is 509 g/mol. The van der Waals surface area contributed by atoms with Crippen LogP contribution in [0.2, 0.25) is 10.0 Å². The molecule has 2 aromatic rings. The zero-order valence-electron chi connectivity index (χ0n) is 20.9. The predicted molar refractivity (Wildman–Crippen MR) is 142 cm³/mol. The summed E-state index contributed by atoms with van der Waals surface area (Å²) in [5.74, 6) is -0.832. The molecule has 1 N–H and O–H groups in total. The van der Waals surface area contributed by atoms with Gasteiger partial charge in [-0.1, -0.05) is 61.3 Å². The smallest absolute Gasteiger partial charge is 0.244 e. The van der Waals surface area contributed by atoms with Gasteiger partial charge in [0, 0.05) is 12.6 Å². The molecule has 2 rings (SSSR count). The molecule has 0 aromatic heterocycles. The first-order valence-electron chi connectivity index (χ1n) is 11.3. The first-order chi connectivity index (χ1) is 16.2. The minimum Gasteiger partial charge on any atom is -0.352 e. The number of sulfonamides is 1. The molecule has 2 amide bonds. The Labute approximate surface area is 218 Å². The molecule has 0 radical (unpaired) electrons. The van der Waals surface area contributed by atoms with Crippen LogP contribution in [0.4, 0.5) is 5.69 Å². The van der Waals surface area contributed by atoms with Gasteiger partial charge in [-0.25, -0.2) is 8.42 Å². The number of benzene rings is 2. The number of nitrogens with zero attached hydrogens (tertiary/aromatic N) is 2. The minimum absolute atomic E-state index is 0.0357. The van der Waals surface area contributed by atoms with Crippen LogP contribution in [0, 0.1) is 0 Å². The fourth-order valence-electron chi connectivity index (χ4n) is 3.62. The summed E-state index contributed by atoms with van der Waals surface area (Å²) in [6.45, 7) is 8.76. The van der Waals surface area contributed by atoms with Gasteiger partial charge in [0.15, 0.2) is 0 Å².